The largest absolute Gasteiger partial charge is 0.495 e. The molecule has 1 amide bonds. The molecule has 0 unspecified atom stereocenters. The number of methoxy groups -OCH3 is 1. The summed E-state index contributed by atoms with van der Waals surface area (Å²) in [6.45, 7) is 1.96. The van der Waals surface area contributed by atoms with Crippen LogP contribution in [0.1, 0.15) is 19.4 Å². The number of ether oxygens (including phenoxy) is 1. The molecule has 0 fully saturated rings. The van der Waals surface area contributed by atoms with Crippen LogP contribution in [0.15, 0.2) is 36.9 Å². The number of carbonyl (C=O) groups is 1. The number of anilines is 1. The summed E-state index contributed by atoms with van der Waals surface area (Å²) in [6, 6.07) is 5.19. The van der Waals surface area contributed by atoms with Gasteiger partial charge in [0.05, 0.1) is 18.5 Å². The first kappa shape index (κ1) is 14.4. The van der Waals surface area contributed by atoms with Crippen molar-refractivity contribution in [2.75, 3.05) is 12.4 Å². The van der Waals surface area contributed by atoms with E-state index in [0.717, 1.165) is 0 Å². The molecule has 0 aliphatic heterocycles. The zero-order chi connectivity index (χ0) is 14.5. The second-order valence-electron chi connectivity index (χ2n) is 4.46. The molecule has 1 N–H and O–H groups in total. The molecule has 20 heavy (non-hydrogen) atoms. The lowest BCUT2D eigenvalue weighted by Crippen LogP contribution is -2.16. The molecule has 0 bridgehead atoms. The maximum Gasteiger partial charge on any atom is 0.226 e. The third-order valence-electron chi connectivity index (χ3n) is 2.95. The predicted octanol–water partition coefficient (Wildman–Crippen LogP) is 3.13. The molecule has 6 heteroatoms. The van der Waals surface area contributed by atoms with Gasteiger partial charge < -0.3 is 14.6 Å². The first-order chi connectivity index (χ1) is 9.60. The van der Waals surface area contributed by atoms with Crippen LogP contribution in [0, 0.1) is 0 Å². The molecule has 1 aromatic carbocycles. The molecular formula is C14H16ClN3O2. The molecule has 1 atom stereocenters. The number of hydrogen-bond donors (Lipinski definition) is 1. The Morgan fingerprint density at radius 3 is 2.95 bits per heavy atom. The summed E-state index contributed by atoms with van der Waals surface area (Å²) in [6.07, 6.45) is 5.59. The number of aromatic nitrogens is 2. The second kappa shape index (κ2) is 6.43. The third kappa shape index (κ3) is 3.51. The van der Waals surface area contributed by atoms with E-state index in [0.29, 0.717) is 22.9 Å². The molecule has 0 saturated heterocycles. The Balaban J connectivity index is 1.96. The van der Waals surface area contributed by atoms with E-state index in [1.165, 1.54) is 0 Å². The van der Waals surface area contributed by atoms with Crippen molar-refractivity contribution >= 4 is 23.2 Å². The van der Waals surface area contributed by atoms with E-state index in [1.807, 2.05) is 17.7 Å². The molecule has 0 radical (unpaired) electrons. The second-order valence-corrected chi connectivity index (χ2v) is 4.87. The van der Waals surface area contributed by atoms with Gasteiger partial charge in [-0.2, -0.15) is 0 Å². The standard InChI is InChI=1S/C14H16ClN3O2/c1-10(18-6-5-16-9-18)7-14(19)17-11-3-4-13(20-2)12(15)8-11/h3-6,8-10H,7H2,1-2H3,(H,17,19)/t10-/m1/s1. The average molecular weight is 294 g/mol. The van der Waals surface area contributed by atoms with Gasteiger partial charge >= 0.3 is 0 Å². The van der Waals surface area contributed by atoms with Crippen molar-refractivity contribution in [2.24, 2.45) is 0 Å². The van der Waals surface area contributed by atoms with Gasteiger partial charge in [0.25, 0.3) is 0 Å². The number of nitrogens with zero attached hydrogens (tertiary/aromatic N) is 2. The summed E-state index contributed by atoms with van der Waals surface area (Å²) in [5, 5.41) is 3.28. The molecule has 0 aliphatic carbocycles. The topological polar surface area (TPSA) is 56.1 Å². The van der Waals surface area contributed by atoms with Crippen LogP contribution in [0.4, 0.5) is 5.69 Å². The fraction of sp³-hybridized carbons (Fsp3) is 0.286. The molecule has 0 aliphatic rings. The van der Waals surface area contributed by atoms with Crippen LogP contribution in [-0.4, -0.2) is 22.6 Å². The number of nitrogens with one attached hydrogen (secondary N) is 1. The number of benzene rings is 1. The summed E-state index contributed by atoms with van der Waals surface area (Å²) < 4.78 is 6.95. The lowest BCUT2D eigenvalue weighted by atomic mass is 10.2. The molecule has 0 saturated carbocycles. The van der Waals surface area contributed by atoms with E-state index in [9.17, 15) is 4.79 Å². The van der Waals surface area contributed by atoms with Crippen molar-refractivity contribution in [2.45, 2.75) is 19.4 Å². The van der Waals surface area contributed by atoms with Gasteiger partial charge in [-0.05, 0) is 25.1 Å². The van der Waals surface area contributed by atoms with Crippen LogP contribution in [0.25, 0.3) is 0 Å². The summed E-state index contributed by atoms with van der Waals surface area (Å²) in [5.41, 5.74) is 0.652. The minimum absolute atomic E-state index is 0.0474. The lowest BCUT2D eigenvalue weighted by molar-refractivity contribution is -0.116. The number of amides is 1. The fourth-order valence-corrected chi connectivity index (χ4v) is 2.12. The van der Waals surface area contributed by atoms with Crippen molar-refractivity contribution in [3.8, 4) is 5.75 Å². The Hall–Kier alpha value is -2.01. The molecule has 1 heterocycles. The Kier molecular flexibility index (Phi) is 4.63. The first-order valence-electron chi connectivity index (χ1n) is 6.21. The maximum absolute atomic E-state index is 12.0. The van der Waals surface area contributed by atoms with Crippen LogP contribution in [0.5, 0.6) is 5.75 Å². The van der Waals surface area contributed by atoms with Gasteiger partial charge in [0, 0.05) is 30.5 Å². The van der Waals surface area contributed by atoms with Crippen molar-refractivity contribution < 1.29 is 9.53 Å². The summed E-state index contributed by atoms with van der Waals surface area (Å²) in [5.74, 6) is 0.504. The fourth-order valence-electron chi connectivity index (χ4n) is 1.86. The Morgan fingerprint density at radius 1 is 1.55 bits per heavy atom. The van der Waals surface area contributed by atoms with E-state index in [1.54, 1.807) is 37.8 Å². The van der Waals surface area contributed by atoms with Crippen molar-refractivity contribution in [1.29, 1.82) is 0 Å². The van der Waals surface area contributed by atoms with Crippen LogP contribution >= 0.6 is 11.6 Å². The minimum Gasteiger partial charge on any atom is -0.495 e. The van der Waals surface area contributed by atoms with Gasteiger partial charge in [0.2, 0.25) is 5.91 Å². The quantitative estimate of drug-likeness (QED) is 0.921. The van der Waals surface area contributed by atoms with Crippen LogP contribution in [0.2, 0.25) is 5.02 Å². The molecule has 106 valence electrons. The highest BCUT2D eigenvalue weighted by Gasteiger charge is 2.11. The smallest absolute Gasteiger partial charge is 0.226 e. The van der Waals surface area contributed by atoms with Crippen LogP contribution in [-0.2, 0) is 4.79 Å². The zero-order valence-corrected chi connectivity index (χ0v) is 12.1. The van der Waals surface area contributed by atoms with E-state index in [-0.39, 0.29) is 11.9 Å². The summed E-state index contributed by atoms with van der Waals surface area (Å²) >= 11 is 6.01. The summed E-state index contributed by atoms with van der Waals surface area (Å²) in [7, 11) is 1.55. The summed E-state index contributed by atoms with van der Waals surface area (Å²) in [4.78, 5) is 15.9. The van der Waals surface area contributed by atoms with Gasteiger partial charge in [-0.15, -0.1) is 0 Å². The minimum atomic E-state index is -0.0765. The van der Waals surface area contributed by atoms with Crippen molar-refractivity contribution in [3.63, 3.8) is 0 Å². The van der Waals surface area contributed by atoms with E-state index in [2.05, 4.69) is 10.3 Å². The third-order valence-corrected chi connectivity index (χ3v) is 3.25. The van der Waals surface area contributed by atoms with Crippen molar-refractivity contribution in [3.05, 3.63) is 41.9 Å². The number of halogens is 1. The number of hydrogen-bond acceptors (Lipinski definition) is 3. The molecule has 2 aromatic rings. The van der Waals surface area contributed by atoms with E-state index < -0.39 is 0 Å². The molecule has 2 rings (SSSR count). The number of carbonyl (C=O) groups excluding carboxylic acids is 1. The van der Waals surface area contributed by atoms with Gasteiger partial charge in [-0.1, -0.05) is 11.6 Å². The predicted molar refractivity (Wildman–Crippen MR) is 78.2 cm³/mol. The number of rotatable bonds is 5. The normalized spacial score (nSPS) is 11.9. The lowest BCUT2D eigenvalue weighted by Gasteiger charge is -2.13. The van der Waals surface area contributed by atoms with E-state index >= 15 is 0 Å². The number of imidazole rings is 1. The van der Waals surface area contributed by atoms with Crippen molar-refractivity contribution in [1.82, 2.24) is 9.55 Å². The van der Waals surface area contributed by atoms with Gasteiger partial charge in [-0.25, -0.2) is 4.98 Å². The first-order valence-corrected chi connectivity index (χ1v) is 6.58. The Bertz CT molecular complexity index is 584. The molecular weight excluding hydrogens is 278 g/mol. The van der Waals surface area contributed by atoms with Gasteiger partial charge in [0.15, 0.2) is 0 Å². The highest BCUT2D eigenvalue weighted by Crippen LogP contribution is 2.27. The molecule has 1 aromatic heterocycles. The van der Waals surface area contributed by atoms with Crippen LogP contribution < -0.4 is 10.1 Å². The maximum atomic E-state index is 12.0. The highest BCUT2D eigenvalue weighted by atomic mass is 35.5. The zero-order valence-electron chi connectivity index (χ0n) is 11.3. The Morgan fingerprint density at radius 2 is 2.35 bits per heavy atom. The SMILES string of the molecule is COc1ccc(NC(=O)C[C@@H](C)n2ccnc2)cc1Cl. The van der Waals surface area contributed by atoms with E-state index in [4.69, 9.17) is 16.3 Å². The average Bonchev–Trinajstić information content (AvgIpc) is 2.92. The van der Waals surface area contributed by atoms with Gasteiger partial charge in [-0.3, -0.25) is 4.79 Å². The molecule has 5 nitrogen and oxygen atoms in total. The van der Waals surface area contributed by atoms with Crippen LogP contribution in [0.3, 0.4) is 0 Å². The monoisotopic (exact) mass is 293 g/mol. The van der Waals surface area contributed by atoms with Gasteiger partial charge in [0.1, 0.15) is 5.75 Å². The highest BCUT2D eigenvalue weighted by molar-refractivity contribution is 6.32. The Labute approximate surface area is 122 Å². The molecule has 0 spiro atoms.